The molecule has 0 aliphatic carbocycles. The zero-order valence-electron chi connectivity index (χ0n) is 10.1. The second-order valence-corrected chi connectivity index (χ2v) is 3.94. The van der Waals surface area contributed by atoms with Crippen LogP contribution in [0, 0.1) is 5.92 Å². The van der Waals surface area contributed by atoms with Gasteiger partial charge >= 0.3 is 6.61 Å². The summed E-state index contributed by atoms with van der Waals surface area (Å²) in [6.45, 7) is 1.06. The van der Waals surface area contributed by atoms with Gasteiger partial charge < -0.3 is 9.84 Å². The molecule has 0 saturated heterocycles. The van der Waals surface area contributed by atoms with Crippen molar-refractivity contribution in [2.45, 2.75) is 39.4 Å². The van der Waals surface area contributed by atoms with Gasteiger partial charge in [-0.3, -0.25) is 0 Å². The van der Waals surface area contributed by atoms with E-state index in [2.05, 4.69) is 4.74 Å². The molecule has 0 saturated carbocycles. The number of para-hydroxylation sites is 1. The van der Waals surface area contributed by atoms with Crippen molar-refractivity contribution in [1.82, 2.24) is 0 Å². The fraction of sp³-hybridized carbons (Fsp3) is 0.538. The van der Waals surface area contributed by atoms with Crippen LogP contribution in [0.3, 0.4) is 0 Å². The second-order valence-electron chi connectivity index (χ2n) is 3.94. The first-order valence-corrected chi connectivity index (χ1v) is 5.81. The summed E-state index contributed by atoms with van der Waals surface area (Å²) in [5.74, 6) is 0.110. The minimum atomic E-state index is -2.87. The number of aliphatic hydroxyl groups excluding tert-OH is 1. The molecular weight excluding hydrogens is 226 g/mol. The smallest absolute Gasteiger partial charge is 0.387 e. The van der Waals surface area contributed by atoms with Gasteiger partial charge in [0.1, 0.15) is 5.75 Å². The molecule has 0 radical (unpaired) electrons. The Labute approximate surface area is 100 Å². The molecule has 0 aliphatic heterocycles. The summed E-state index contributed by atoms with van der Waals surface area (Å²) in [6, 6.07) is 6.40. The van der Waals surface area contributed by atoms with Crippen molar-refractivity contribution in [1.29, 1.82) is 0 Å². The Morgan fingerprint density at radius 3 is 2.29 bits per heavy atom. The number of alkyl halides is 2. The van der Waals surface area contributed by atoms with Gasteiger partial charge in [0.05, 0.1) is 6.10 Å². The molecule has 0 amide bonds. The van der Waals surface area contributed by atoms with Crippen LogP contribution >= 0.6 is 0 Å². The lowest BCUT2D eigenvalue weighted by Crippen LogP contribution is -2.13. The molecule has 0 aromatic heterocycles. The van der Waals surface area contributed by atoms with Gasteiger partial charge in [0.2, 0.25) is 0 Å². The minimum absolute atomic E-state index is 0.0532. The first-order valence-electron chi connectivity index (χ1n) is 5.81. The lowest BCUT2D eigenvalue weighted by molar-refractivity contribution is -0.0522. The summed E-state index contributed by atoms with van der Waals surface area (Å²) in [4.78, 5) is 0. The van der Waals surface area contributed by atoms with Crippen LogP contribution < -0.4 is 4.74 Å². The third-order valence-corrected chi connectivity index (χ3v) is 2.95. The average Bonchev–Trinajstić information content (AvgIpc) is 2.30. The lowest BCUT2D eigenvalue weighted by Gasteiger charge is -2.22. The summed E-state index contributed by atoms with van der Waals surface area (Å²) in [5.41, 5.74) is 0.432. The molecule has 0 fully saturated rings. The molecule has 17 heavy (non-hydrogen) atoms. The Kier molecular flexibility index (Phi) is 5.35. The largest absolute Gasteiger partial charge is 0.434 e. The molecule has 4 heteroatoms. The second kappa shape index (κ2) is 6.55. The van der Waals surface area contributed by atoms with E-state index in [1.54, 1.807) is 18.2 Å². The van der Waals surface area contributed by atoms with Crippen LogP contribution in [0.1, 0.15) is 38.4 Å². The number of rotatable bonds is 6. The van der Waals surface area contributed by atoms with E-state index in [1.165, 1.54) is 6.07 Å². The highest BCUT2D eigenvalue weighted by atomic mass is 19.3. The van der Waals surface area contributed by atoms with Crippen molar-refractivity contribution >= 4 is 0 Å². The Morgan fingerprint density at radius 2 is 1.76 bits per heavy atom. The zero-order valence-corrected chi connectivity index (χ0v) is 10.1. The highest BCUT2D eigenvalue weighted by Crippen LogP contribution is 2.33. The Balaban J connectivity index is 2.95. The molecule has 1 N–H and O–H groups in total. The molecule has 0 aliphatic rings. The molecular formula is C13H18F2O2. The van der Waals surface area contributed by atoms with Crippen LogP contribution in [-0.4, -0.2) is 11.7 Å². The predicted octanol–water partition coefficient (Wildman–Crippen LogP) is 3.76. The third-order valence-electron chi connectivity index (χ3n) is 2.95. The van der Waals surface area contributed by atoms with Crippen LogP contribution in [0.15, 0.2) is 24.3 Å². The maximum Gasteiger partial charge on any atom is 0.387 e. The van der Waals surface area contributed by atoms with Crippen molar-refractivity contribution < 1.29 is 18.6 Å². The molecule has 2 nitrogen and oxygen atoms in total. The van der Waals surface area contributed by atoms with E-state index in [0.29, 0.717) is 5.56 Å². The molecule has 1 atom stereocenters. The third kappa shape index (κ3) is 3.66. The monoisotopic (exact) mass is 244 g/mol. The number of ether oxygens (including phenoxy) is 1. The summed E-state index contributed by atoms with van der Waals surface area (Å²) in [7, 11) is 0. The standard InChI is InChI=1S/C13H18F2O2/c1-3-9(4-2)12(16)10-7-5-6-8-11(10)17-13(14)15/h5-9,12-13,16H,3-4H2,1-2H3. The summed E-state index contributed by atoms with van der Waals surface area (Å²) in [5, 5.41) is 10.1. The highest BCUT2D eigenvalue weighted by molar-refractivity contribution is 5.35. The van der Waals surface area contributed by atoms with Gasteiger partial charge in [-0.15, -0.1) is 0 Å². The maximum atomic E-state index is 12.2. The maximum absolute atomic E-state index is 12.2. The normalized spacial score (nSPS) is 13.1. The Bertz CT molecular complexity index is 338. The van der Waals surface area contributed by atoms with Crippen molar-refractivity contribution in [3.8, 4) is 5.75 Å². The molecule has 0 bridgehead atoms. The van der Waals surface area contributed by atoms with Crippen LogP contribution in [-0.2, 0) is 0 Å². The van der Waals surface area contributed by atoms with Crippen molar-refractivity contribution in [3.05, 3.63) is 29.8 Å². The Morgan fingerprint density at radius 1 is 1.18 bits per heavy atom. The van der Waals surface area contributed by atoms with Crippen molar-refractivity contribution in [2.75, 3.05) is 0 Å². The van der Waals surface area contributed by atoms with E-state index < -0.39 is 12.7 Å². The quantitative estimate of drug-likeness (QED) is 0.825. The van der Waals surface area contributed by atoms with Gasteiger partial charge in [-0.1, -0.05) is 44.9 Å². The summed E-state index contributed by atoms with van der Waals surface area (Å²) >= 11 is 0. The van der Waals surface area contributed by atoms with Gasteiger partial charge in [0.25, 0.3) is 0 Å². The topological polar surface area (TPSA) is 29.5 Å². The van der Waals surface area contributed by atoms with Gasteiger partial charge in [-0.25, -0.2) is 0 Å². The van der Waals surface area contributed by atoms with Crippen molar-refractivity contribution in [2.24, 2.45) is 5.92 Å². The predicted molar refractivity (Wildman–Crippen MR) is 62.1 cm³/mol. The van der Waals surface area contributed by atoms with Gasteiger partial charge in [0.15, 0.2) is 0 Å². The van der Waals surface area contributed by atoms with E-state index in [-0.39, 0.29) is 11.7 Å². The lowest BCUT2D eigenvalue weighted by atomic mass is 9.91. The fourth-order valence-corrected chi connectivity index (χ4v) is 1.92. The van der Waals surface area contributed by atoms with E-state index in [0.717, 1.165) is 12.8 Å². The van der Waals surface area contributed by atoms with Gasteiger partial charge in [0, 0.05) is 5.56 Å². The molecule has 0 heterocycles. The van der Waals surface area contributed by atoms with Crippen LogP contribution in [0.4, 0.5) is 8.78 Å². The van der Waals surface area contributed by atoms with Gasteiger partial charge in [-0.05, 0) is 12.0 Å². The number of benzene rings is 1. The molecule has 1 unspecified atom stereocenters. The fourth-order valence-electron chi connectivity index (χ4n) is 1.92. The first-order chi connectivity index (χ1) is 8.10. The number of halogens is 2. The molecule has 0 spiro atoms. The van der Waals surface area contributed by atoms with Crippen LogP contribution in [0.5, 0.6) is 5.75 Å². The van der Waals surface area contributed by atoms with Crippen molar-refractivity contribution in [3.63, 3.8) is 0 Å². The van der Waals surface area contributed by atoms with Gasteiger partial charge in [-0.2, -0.15) is 8.78 Å². The summed E-state index contributed by atoms with van der Waals surface area (Å²) in [6.07, 6.45) is 0.821. The van der Waals surface area contributed by atoms with Crippen LogP contribution in [0.2, 0.25) is 0 Å². The highest BCUT2D eigenvalue weighted by Gasteiger charge is 2.21. The van der Waals surface area contributed by atoms with E-state index >= 15 is 0 Å². The summed E-state index contributed by atoms with van der Waals surface area (Å²) < 4.78 is 28.9. The number of aliphatic hydroxyl groups is 1. The SMILES string of the molecule is CCC(CC)C(O)c1ccccc1OC(F)F. The number of hydrogen-bond donors (Lipinski definition) is 1. The molecule has 1 rings (SSSR count). The zero-order chi connectivity index (χ0) is 12.8. The molecule has 96 valence electrons. The average molecular weight is 244 g/mol. The number of hydrogen-bond acceptors (Lipinski definition) is 2. The van der Waals surface area contributed by atoms with E-state index in [1.807, 2.05) is 13.8 Å². The van der Waals surface area contributed by atoms with Crippen LogP contribution in [0.25, 0.3) is 0 Å². The van der Waals surface area contributed by atoms with E-state index in [4.69, 9.17) is 0 Å². The minimum Gasteiger partial charge on any atom is -0.434 e. The molecule has 1 aromatic carbocycles. The first kappa shape index (κ1) is 13.9. The van der Waals surface area contributed by atoms with E-state index in [9.17, 15) is 13.9 Å². The molecule has 1 aromatic rings. The Hall–Kier alpha value is -1.16.